The van der Waals surface area contributed by atoms with Crippen LogP contribution in [0.3, 0.4) is 0 Å². The van der Waals surface area contributed by atoms with Crippen molar-refractivity contribution in [2.24, 2.45) is 11.7 Å². The van der Waals surface area contributed by atoms with Gasteiger partial charge >= 0.3 is 0 Å². The van der Waals surface area contributed by atoms with Gasteiger partial charge in [0.15, 0.2) is 0 Å². The second kappa shape index (κ2) is 8.26. The van der Waals surface area contributed by atoms with E-state index in [1.807, 2.05) is 6.92 Å². The minimum Gasteiger partial charge on any atom is -0.381 e. The summed E-state index contributed by atoms with van der Waals surface area (Å²) in [4.78, 5) is 0. The molecule has 0 saturated heterocycles. The zero-order chi connectivity index (χ0) is 12.0. The van der Waals surface area contributed by atoms with Gasteiger partial charge in [-0.2, -0.15) is 0 Å². The molecule has 1 aliphatic carbocycles. The minimum atomic E-state index is -3.21. The second-order valence-corrected chi connectivity index (χ2v) is 6.04. The van der Waals surface area contributed by atoms with E-state index in [0.717, 1.165) is 19.3 Å². The topological polar surface area (TPSA) is 81.4 Å². The summed E-state index contributed by atoms with van der Waals surface area (Å²) in [6.07, 6.45) is 2.98. The maximum atomic E-state index is 11.7. The summed E-state index contributed by atoms with van der Waals surface area (Å²) >= 11 is 0. The highest BCUT2D eigenvalue weighted by Crippen LogP contribution is 2.25. The van der Waals surface area contributed by atoms with Gasteiger partial charge in [0.25, 0.3) is 0 Å². The van der Waals surface area contributed by atoms with E-state index in [1.165, 1.54) is 0 Å². The molecule has 0 aromatic heterocycles. The van der Waals surface area contributed by atoms with E-state index in [1.54, 1.807) is 0 Å². The number of ether oxygens (including phenoxy) is 1. The Morgan fingerprint density at radius 3 is 2.71 bits per heavy atom. The van der Waals surface area contributed by atoms with Crippen molar-refractivity contribution in [3.63, 3.8) is 0 Å². The molecule has 1 rings (SSSR count). The van der Waals surface area contributed by atoms with Crippen molar-refractivity contribution in [2.45, 2.75) is 32.2 Å². The third-order valence-electron chi connectivity index (χ3n) is 2.99. The number of hydrogen-bond donors (Lipinski definition) is 2. The smallest absolute Gasteiger partial charge is 0.214 e. The van der Waals surface area contributed by atoms with Crippen LogP contribution in [0.5, 0.6) is 0 Å². The van der Waals surface area contributed by atoms with Crippen LogP contribution < -0.4 is 10.5 Å². The molecule has 0 bridgehead atoms. The van der Waals surface area contributed by atoms with Crippen molar-refractivity contribution in [3.8, 4) is 0 Å². The molecular formula is C10H23ClN2O3S. The van der Waals surface area contributed by atoms with Gasteiger partial charge in [0, 0.05) is 12.6 Å². The molecule has 0 amide bonds. The lowest BCUT2D eigenvalue weighted by atomic mass is 10.1. The van der Waals surface area contributed by atoms with Gasteiger partial charge in [0.05, 0.1) is 12.4 Å². The quantitative estimate of drug-likeness (QED) is 0.668. The Hall–Kier alpha value is 0.120. The Labute approximate surface area is 110 Å². The fourth-order valence-electron chi connectivity index (χ4n) is 2.08. The lowest BCUT2D eigenvalue weighted by molar-refractivity contribution is 0.163. The molecule has 0 aliphatic heterocycles. The first-order chi connectivity index (χ1) is 7.59. The molecule has 17 heavy (non-hydrogen) atoms. The predicted molar refractivity (Wildman–Crippen MR) is 70.8 cm³/mol. The molecule has 0 aromatic rings. The molecule has 3 N–H and O–H groups in total. The molecule has 0 aromatic carbocycles. The number of sulfonamides is 1. The molecule has 1 saturated carbocycles. The number of hydrogen-bond acceptors (Lipinski definition) is 4. The summed E-state index contributed by atoms with van der Waals surface area (Å²) in [6, 6.07) is 0.0247. The number of rotatable bonds is 7. The molecule has 7 heteroatoms. The monoisotopic (exact) mass is 286 g/mol. The molecule has 0 spiro atoms. The van der Waals surface area contributed by atoms with Gasteiger partial charge < -0.3 is 10.5 Å². The molecule has 0 radical (unpaired) electrons. The number of halogens is 1. The van der Waals surface area contributed by atoms with E-state index >= 15 is 0 Å². The highest BCUT2D eigenvalue weighted by Gasteiger charge is 2.29. The maximum absolute atomic E-state index is 11.7. The van der Waals surface area contributed by atoms with Gasteiger partial charge in [-0.05, 0) is 32.2 Å². The van der Waals surface area contributed by atoms with E-state index in [2.05, 4.69) is 4.72 Å². The third-order valence-corrected chi connectivity index (χ3v) is 4.36. The normalized spacial score (nSPS) is 24.6. The van der Waals surface area contributed by atoms with Crippen molar-refractivity contribution in [3.05, 3.63) is 0 Å². The Balaban J connectivity index is 0.00000256. The van der Waals surface area contributed by atoms with Crippen LogP contribution in [0.15, 0.2) is 0 Å². The van der Waals surface area contributed by atoms with Crippen molar-refractivity contribution in [1.29, 1.82) is 0 Å². The number of nitrogens with one attached hydrogen (secondary N) is 1. The van der Waals surface area contributed by atoms with Crippen LogP contribution in [-0.4, -0.2) is 40.0 Å². The van der Waals surface area contributed by atoms with Gasteiger partial charge in [-0.15, -0.1) is 12.4 Å². The van der Waals surface area contributed by atoms with Crippen molar-refractivity contribution in [1.82, 2.24) is 4.72 Å². The van der Waals surface area contributed by atoms with Crippen LogP contribution in [0, 0.1) is 5.92 Å². The summed E-state index contributed by atoms with van der Waals surface area (Å²) in [5.74, 6) is 0.330. The Morgan fingerprint density at radius 1 is 1.41 bits per heavy atom. The van der Waals surface area contributed by atoms with Gasteiger partial charge in [-0.1, -0.05) is 6.42 Å². The van der Waals surface area contributed by atoms with Crippen LogP contribution in [0.25, 0.3) is 0 Å². The average Bonchev–Trinajstić information content (AvgIpc) is 2.64. The summed E-state index contributed by atoms with van der Waals surface area (Å²) in [5.41, 5.74) is 5.61. The molecule has 5 nitrogen and oxygen atoms in total. The summed E-state index contributed by atoms with van der Waals surface area (Å²) in [7, 11) is -3.21. The van der Waals surface area contributed by atoms with Crippen LogP contribution in [-0.2, 0) is 14.8 Å². The fraction of sp³-hybridized carbons (Fsp3) is 1.00. The fourth-order valence-corrected chi connectivity index (χ4v) is 3.30. The Kier molecular flexibility index (Phi) is 8.32. The lowest BCUT2D eigenvalue weighted by Crippen LogP contribution is -2.41. The first-order valence-corrected chi connectivity index (χ1v) is 7.52. The molecule has 104 valence electrons. The third kappa shape index (κ3) is 6.01. The van der Waals surface area contributed by atoms with Gasteiger partial charge in [0.1, 0.15) is 0 Å². The molecule has 1 aliphatic rings. The first kappa shape index (κ1) is 17.1. The van der Waals surface area contributed by atoms with Crippen LogP contribution in [0.4, 0.5) is 0 Å². The van der Waals surface area contributed by atoms with Crippen LogP contribution in [0.1, 0.15) is 26.2 Å². The van der Waals surface area contributed by atoms with Crippen LogP contribution >= 0.6 is 12.4 Å². The Bertz CT molecular complexity index is 298. The van der Waals surface area contributed by atoms with E-state index in [-0.39, 0.29) is 30.8 Å². The van der Waals surface area contributed by atoms with Crippen molar-refractivity contribution < 1.29 is 13.2 Å². The van der Waals surface area contributed by atoms with E-state index in [9.17, 15) is 8.42 Å². The van der Waals surface area contributed by atoms with Gasteiger partial charge in [-0.3, -0.25) is 0 Å². The largest absolute Gasteiger partial charge is 0.381 e. The minimum absolute atomic E-state index is 0. The molecule has 2 unspecified atom stereocenters. The molecule has 0 heterocycles. The van der Waals surface area contributed by atoms with Gasteiger partial charge in [0.2, 0.25) is 10.0 Å². The first-order valence-electron chi connectivity index (χ1n) is 5.87. The highest BCUT2D eigenvalue weighted by molar-refractivity contribution is 7.89. The van der Waals surface area contributed by atoms with Gasteiger partial charge in [-0.25, -0.2) is 13.1 Å². The number of nitrogens with two attached hydrogens (primary N) is 1. The highest BCUT2D eigenvalue weighted by atomic mass is 35.5. The van der Waals surface area contributed by atoms with E-state index < -0.39 is 10.0 Å². The lowest BCUT2D eigenvalue weighted by Gasteiger charge is -2.19. The summed E-state index contributed by atoms with van der Waals surface area (Å²) in [6.45, 7) is 3.20. The zero-order valence-electron chi connectivity index (χ0n) is 10.2. The van der Waals surface area contributed by atoms with Crippen LogP contribution in [0.2, 0.25) is 0 Å². The maximum Gasteiger partial charge on any atom is 0.214 e. The predicted octanol–water partition coefficient (Wildman–Crippen LogP) is 0.491. The SMILES string of the molecule is CCOCCS(=O)(=O)NC1CCCC1CN.Cl. The molecule has 2 atom stereocenters. The summed E-state index contributed by atoms with van der Waals surface area (Å²) < 4.78 is 31.2. The zero-order valence-corrected chi connectivity index (χ0v) is 11.9. The van der Waals surface area contributed by atoms with Crippen molar-refractivity contribution >= 4 is 22.4 Å². The Morgan fingerprint density at radius 2 is 2.12 bits per heavy atom. The second-order valence-electron chi connectivity index (χ2n) is 4.17. The van der Waals surface area contributed by atoms with E-state index in [0.29, 0.717) is 19.1 Å². The summed E-state index contributed by atoms with van der Waals surface area (Å²) in [5, 5.41) is 0. The standard InChI is InChI=1S/C10H22N2O3S.ClH/c1-2-15-6-7-16(13,14)12-10-5-3-4-9(10)8-11;/h9-10,12H,2-8,11H2,1H3;1H. The average molecular weight is 287 g/mol. The molecular weight excluding hydrogens is 264 g/mol. The molecule has 1 fully saturated rings. The van der Waals surface area contributed by atoms with Crippen molar-refractivity contribution in [2.75, 3.05) is 25.5 Å². The van der Waals surface area contributed by atoms with E-state index in [4.69, 9.17) is 10.5 Å².